The molecule has 0 fully saturated rings. The lowest BCUT2D eigenvalue weighted by Gasteiger charge is -1.93. The van der Waals surface area contributed by atoms with Crippen molar-refractivity contribution in [3.8, 4) is 0 Å². The Morgan fingerprint density at radius 1 is 1.36 bits per heavy atom. The maximum absolute atomic E-state index is 5.74. The molecule has 0 spiro atoms. The molecule has 53 valence electrons. The fourth-order valence-corrected chi connectivity index (χ4v) is 1.07. The third-order valence-electron chi connectivity index (χ3n) is 1.42. The van der Waals surface area contributed by atoms with Gasteiger partial charge in [0.25, 0.3) is 0 Å². The van der Waals surface area contributed by atoms with Gasteiger partial charge in [-0.05, 0) is 18.2 Å². The molecule has 1 radical (unpaired) electrons. The molecule has 0 saturated carbocycles. The van der Waals surface area contributed by atoms with E-state index in [1.165, 1.54) is 0 Å². The topological polar surface area (TPSA) is 25.8 Å². The van der Waals surface area contributed by atoms with Crippen LogP contribution in [0.2, 0.25) is 5.02 Å². The minimum Gasteiger partial charge on any atom is -0.233 e. The molecule has 1 aromatic carbocycles. The normalized spacial score (nSPS) is 10.3. The number of hydrogen-bond donors (Lipinski definition) is 0. The molecule has 0 aliphatic rings. The van der Waals surface area contributed by atoms with Crippen LogP contribution in [-0.4, -0.2) is 9.97 Å². The summed E-state index contributed by atoms with van der Waals surface area (Å²) in [4.78, 5) is 7.68. The number of rotatable bonds is 0. The Balaban J connectivity index is 2.83. The number of benzene rings is 1. The van der Waals surface area contributed by atoms with Crippen LogP contribution in [0, 0.1) is 6.33 Å². The lowest BCUT2D eigenvalue weighted by molar-refractivity contribution is 1.20. The monoisotopic (exact) mass is 163 g/mol. The van der Waals surface area contributed by atoms with E-state index in [-0.39, 0.29) is 0 Å². The molecule has 0 atom stereocenters. The average molecular weight is 164 g/mol. The van der Waals surface area contributed by atoms with Crippen molar-refractivity contribution in [1.82, 2.24) is 9.97 Å². The van der Waals surface area contributed by atoms with Crippen molar-refractivity contribution in [3.63, 3.8) is 0 Å². The van der Waals surface area contributed by atoms with Gasteiger partial charge in [-0.15, -0.1) is 0 Å². The first-order valence-corrected chi connectivity index (χ1v) is 3.52. The van der Waals surface area contributed by atoms with E-state index in [9.17, 15) is 0 Å². The minimum atomic E-state index is 0.685. The minimum absolute atomic E-state index is 0.685. The highest BCUT2D eigenvalue weighted by Gasteiger charge is 1.93. The first-order chi connectivity index (χ1) is 5.36. The van der Waals surface area contributed by atoms with E-state index in [1.54, 1.807) is 12.3 Å². The molecule has 0 aliphatic heterocycles. The Labute approximate surface area is 68.9 Å². The summed E-state index contributed by atoms with van der Waals surface area (Å²) in [5.41, 5.74) is 0.826. The predicted molar refractivity (Wildman–Crippen MR) is 43.4 cm³/mol. The Kier molecular flexibility index (Phi) is 1.47. The molecule has 2 aromatic rings. The molecule has 0 N–H and O–H groups in total. The highest BCUT2D eigenvalue weighted by Crippen LogP contribution is 2.15. The number of nitrogens with zero attached hydrogens (tertiary/aromatic N) is 2. The number of aromatic nitrogens is 2. The molecule has 0 bridgehead atoms. The maximum atomic E-state index is 5.74. The van der Waals surface area contributed by atoms with Crippen molar-refractivity contribution in [2.24, 2.45) is 0 Å². The van der Waals surface area contributed by atoms with E-state index in [1.807, 2.05) is 12.1 Å². The van der Waals surface area contributed by atoms with Gasteiger partial charge in [0.05, 0.1) is 5.52 Å². The summed E-state index contributed by atoms with van der Waals surface area (Å²) in [6.07, 6.45) is 4.21. The summed E-state index contributed by atoms with van der Waals surface area (Å²) in [5.74, 6) is 0. The molecule has 2 rings (SSSR count). The van der Waals surface area contributed by atoms with Gasteiger partial charge in [0.2, 0.25) is 0 Å². The van der Waals surface area contributed by atoms with E-state index in [2.05, 4.69) is 16.3 Å². The van der Waals surface area contributed by atoms with Crippen LogP contribution in [0.25, 0.3) is 10.9 Å². The molecule has 1 aromatic heterocycles. The second-order valence-corrected chi connectivity index (χ2v) is 2.61. The smallest absolute Gasteiger partial charge is 0.198 e. The van der Waals surface area contributed by atoms with Gasteiger partial charge < -0.3 is 0 Å². The van der Waals surface area contributed by atoms with Crippen LogP contribution in [-0.2, 0) is 0 Å². The fourth-order valence-electron chi connectivity index (χ4n) is 0.904. The molecule has 2 nitrogen and oxygen atoms in total. The highest BCUT2D eigenvalue weighted by molar-refractivity contribution is 6.31. The molecular formula is C8H4ClN2. The zero-order chi connectivity index (χ0) is 7.68. The molecule has 0 saturated heterocycles. The summed E-state index contributed by atoms with van der Waals surface area (Å²) < 4.78 is 0. The van der Waals surface area contributed by atoms with Gasteiger partial charge >= 0.3 is 0 Å². The fraction of sp³-hybridized carbons (Fsp3) is 0. The van der Waals surface area contributed by atoms with E-state index in [0.717, 1.165) is 10.9 Å². The van der Waals surface area contributed by atoms with Gasteiger partial charge in [-0.3, -0.25) is 0 Å². The van der Waals surface area contributed by atoms with E-state index < -0.39 is 0 Å². The van der Waals surface area contributed by atoms with Crippen molar-refractivity contribution in [3.05, 3.63) is 35.7 Å². The zero-order valence-corrected chi connectivity index (χ0v) is 6.34. The van der Waals surface area contributed by atoms with Crippen LogP contribution in [0.3, 0.4) is 0 Å². The largest absolute Gasteiger partial charge is 0.233 e. The van der Waals surface area contributed by atoms with Gasteiger partial charge in [0.1, 0.15) is 0 Å². The van der Waals surface area contributed by atoms with E-state index in [4.69, 9.17) is 11.6 Å². The second kappa shape index (κ2) is 2.47. The summed E-state index contributed by atoms with van der Waals surface area (Å²) in [6, 6.07) is 5.48. The number of fused-ring (bicyclic) bond motifs is 1. The van der Waals surface area contributed by atoms with Crippen molar-refractivity contribution in [1.29, 1.82) is 0 Å². The van der Waals surface area contributed by atoms with E-state index >= 15 is 0 Å². The Hall–Kier alpha value is -1.15. The van der Waals surface area contributed by atoms with Gasteiger partial charge in [-0.2, -0.15) is 0 Å². The number of halogens is 1. The summed E-state index contributed by atoms with van der Waals surface area (Å²) in [5, 5.41) is 1.66. The van der Waals surface area contributed by atoms with Crippen LogP contribution in [0.4, 0.5) is 0 Å². The first kappa shape index (κ1) is 6.55. The average Bonchev–Trinajstić information content (AvgIpc) is 2.04. The second-order valence-electron chi connectivity index (χ2n) is 2.17. The van der Waals surface area contributed by atoms with Crippen molar-refractivity contribution in [2.45, 2.75) is 0 Å². The Morgan fingerprint density at radius 2 is 2.27 bits per heavy atom. The predicted octanol–water partition coefficient (Wildman–Crippen LogP) is 2.08. The van der Waals surface area contributed by atoms with Gasteiger partial charge in [0, 0.05) is 16.6 Å². The van der Waals surface area contributed by atoms with Crippen LogP contribution < -0.4 is 0 Å². The highest BCUT2D eigenvalue weighted by atomic mass is 35.5. The molecular weight excluding hydrogens is 160 g/mol. The van der Waals surface area contributed by atoms with Crippen molar-refractivity contribution in [2.75, 3.05) is 0 Å². The SMILES string of the molecule is Clc1ccc2cn[c]nc2c1. The standard InChI is InChI=1S/C8H4ClN2/c9-7-2-1-6-4-10-5-11-8(6)3-7/h1-4H. The first-order valence-electron chi connectivity index (χ1n) is 3.14. The van der Waals surface area contributed by atoms with Crippen LogP contribution >= 0.6 is 11.6 Å². The lowest BCUT2D eigenvalue weighted by Crippen LogP contribution is -1.79. The van der Waals surface area contributed by atoms with Gasteiger partial charge in [0.15, 0.2) is 6.33 Å². The van der Waals surface area contributed by atoms with Crippen LogP contribution in [0.5, 0.6) is 0 Å². The molecule has 3 heteroatoms. The van der Waals surface area contributed by atoms with Gasteiger partial charge in [-0.25, -0.2) is 9.97 Å². The van der Waals surface area contributed by atoms with Crippen molar-refractivity contribution >= 4 is 22.5 Å². The summed E-state index contributed by atoms with van der Waals surface area (Å²) in [6.45, 7) is 0. The Bertz CT molecular complexity index is 387. The molecule has 0 aliphatic carbocycles. The molecule has 11 heavy (non-hydrogen) atoms. The molecule has 1 heterocycles. The third kappa shape index (κ3) is 1.17. The van der Waals surface area contributed by atoms with Crippen molar-refractivity contribution < 1.29 is 0 Å². The molecule has 0 amide bonds. The zero-order valence-electron chi connectivity index (χ0n) is 5.58. The lowest BCUT2D eigenvalue weighted by atomic mass is 10.2. The van der Waals surface area contributed by atoms with Gasteiger partial charge in [-0.1, -0.05) is 11.6 Å². The quantitative estimate of drug-likeness (QED) is 0.594. The maximum Gasteiger partial charge on any atom is 0.198 e. The Morgan fingerprint density at radius 3 is 3.18 bits per heavy atom. The molecule has 0 unspecified atom stereocenters. The third-order valence-corrected chi connectivity index (χ3v) is 1.66. The summed E-state index contributed by atoms with van der Waals surface area (Å²) >= 11 is 5.74. The van der Waals surface area contributed by atoms with Crippen LogP contribution in [0.15, 0.2) is 24.4 Å². The van der Waals surface area contributed by atoms with Crippen LogP contribution in [0.1, 0.15) is 0 Å². The van der Waals surface area contributed by atoms with E-state index in [0.29, 0.717) is 5.02 Å². The number of hydrogen-bond acceptors (Lipinski definition) is 2. The summed E-state index contributed by atoms with van der Waals surface area (Å²) in [7, 11) is 0.